The van der Waals surface area contributed by atoms with Crippen molar-refractivity contribution in [3.63, 3.8) is 0 Å². The van der Waals surface area contributed by atoms with Gasteiger partial charge in [0.25, 0.3) is 0 Å². The summed E-state index contributed by atoms with van der Waals surface area (Å²) in [6.07, 6.45) is 0. The summed E-state index contributed by atoms with van der Waals surface area (Å²) in [7, 11) is 0. The molecule has 19 heavy (non-hydrogen) atoms. The van der Waals surface area contributed by atoms with E-state index < -0.39 is 0 Å². The number of nitrogens with two attached hydrogens (primary N) is 1. The third-order valence-corrected chi connectivity index (χ3v) is 3.80. The Kier molecular flexibility index (Phi) is 4.29. The van der Waals surface area contributed by atoms with Gasteiger partial charge in [0.05, 0.1) is 11.7 Å². The molecule has 6 heteroatoms. The fourth-order valence-corrected chi connectivity index (χ4v) is 2.62. The van der Waals surface area contributed by atoms with Crippen LogP contribution in [0.15, 0.2) is 23.6 Å². The summed E-state index contributed by atoms with van der Waals surface area (Å²) in [6.45, 7) is 3.14. The van der Waals surface area contributed by atoms with Crippen LogP contribution in [0.25, 0.3) is 11.3 Å². The number of rotatable bonds is 2. The molecule has 0 saturated carbocycles. The van der Waals surface area contributed by atoms with Crippen molar-refractivity contribution in [3.05, 3.63) is 28.6 Å². The molecular weight excluding hydrogens is 284 g/mol. The predicted molar refractivity (Wildman–Crippen MR) is 78.4 cm³/mol. The molecule has 4 nitrogen and oxygen atoms in total. The van der Waals surface area contributed by atoms with Crippen LogP contribution >= 0.6 is 23.7 Å². The molecule has 1 aliphatic rings. The molecule has 1 aromatic heterocycles. The summed E-state index contributed by atoms with van der Waals surface area (Å²) in [5, 5.41) is 2.96. The molecular formula is C13H15ClN2O2S. The van der Waals surface area contributed by atoms with Gasteiger partial charge in [-0.15, -0.1) is 23.7 Å². The third kappa shape index (κ3) is 2.83. The average Bonchev–Trinajstić information content (AvgIpc) is 2.88. The second-order valence-corrected chi connectivity index (χ2v) is 5.11. The first-order valence-electron chi connectivity index (χ1n) is 5.85. The van der Waals surface area contributed by atoms with Gasteiger partial charge in [0.1, 0.15) is 18.2 Å². The first kappa shape index (κ1) is 14.1. The Morgan fingerprint density at radius 1 is 1.26 bits per heavy atom. The van der Waals surface area contributed by atoms with Crippen LogP contribution in [0.2, 0.25) is 0 Å². The minimum Gasteiger partial charge on any atom is -0.486 e. The van der Waals surface area contributed by atoms with Gasteiger partial charge in [0, 0.05) is 10.9 Å². The average molecular weight is 299 g/mol. The van der Waals surface area contributed by atoms with Gasteiger partial charge in [0.2, 0.25) is 0 Å². The van der Waals surface area contributed by atoms with Gasteiger partial charge >= 0.3 is 0 Å². The van der Waals surface area contributed by atoms with E-state index in [1.807, 2.05) is 30.5 Å². The van der Waals surface area contributed by atoms with Gasteiger partial charge in [-0.25, -0.2) is 4.98 Å². The molecule has 2 N–H and O–H groups in total. The van der Waals surface area contributed by atoms with E-state index in [9.17, 15) is 0 Å². The summed E-state index contributed by atoms with van der Waals surface area (Å²) in [4.78, 5) is 4.53. The summed E-state index contributed by atoms with van der Waals surface area (Å²) in [5.74, 6) is 1.58. The molecule has 1 aromatic carbocycles. The number of benzene rings is 1. The zero-order valence-corrected chi connectivity index (χ0v) is 12.1. The van der Waals surface area contributed by atoms with Crippen LogP contribution in [0, 0.1) is 0 Å². The lowest BCUT2D eigenvalue weighted by Crippen LogP contribution is -2.15. The quantitative estimate of drug-likeness (QED) is 0.926. The van der Waals surface area contributed by atoms with Gasteiger partial charge in [0.15, 0.2) is 11.5 Å². The van der Waals surface area contributed by atoms with E-state index in [0.717, 1.165) is 27.8 Å². The van der Waals surface area contributed by atoms with Crippen molar-refractivity contribution in [1.29, 1.82) is 0 Å². The zero-order chi connectivity index (χ0) is 12.5. The minimum absolute atomic E-state index is 0. The molecule has 0 radical (unpaired) electrons. The van der Waals surface area contributed by atoms with Gasteiger partial charge in [-0.3, -0.25) is 0 Å². The molecule has 0 bridgehead atoms. The SMILES string of the molecule is CC(N)c1nc(-c2ccc3c(c2)OCCO3)cs1.Cl. The largest absolute Gasteiger partial charge is 0.486 e. The van der Waals surface area contributed by atoms with E-state index in [2.05, 4.69) is 4.98 Å². The van der Waals surface area contributed by atoms with E-state index in [1.54, 1.807) is 11.3 Å². The molecule has 0 fully saturated rings. The lowest BCUT2D eigenvalue weighted by atomic mass is 10.1. The highest BCUT2D eigenvalue weighted by atomic mass is 35.5. The van der Waals surface area contributed by atoms with Gasteiger partial charge < -0.3 is 15.2 Å². The number of hydrogen-bond acceptors (Lipinski definition) is 5. The van der Waals surface area contributed by atoms with Crippen molar-refractivity contribution >= 4 is 23.7 Å². The number of nitrogens with zero attached hydrogens (tertiary/aromatic N) is 1. The Bertz CT molecular complexity index is 572. The first-order valence-corrected chi connectivity index (χ1v) is 6.73. The molecule has 1 aliphatic heterocycles. The van der Waals surface area contributed by atoms with Crippen LogP contribution in [0.1, 0.15) is 18.0 Å². The fraction of sp³-hybridized carbons (Fsp3) is 0.308. The predicted octanol–water partition coefficient (Wildman–Crippen LogP) is 3.02. The molecule has 102 valence electrons. The molecule has 0 saturated heterocycles. The maximum atomic E-state index is 5.82. The topological polar surface area (TPSA) is 57.4 Å². The van der Waals surface area contributed by atoms with Crippen LogP contribution < -0.4 is 15.2 Å². The number of fused-ring (bicyclic) bond motifs is 1. The van der Waals surface area contributed by atoms with Crippen molar-refractivity contribution in [3.8, 4) is 22.8 Å². The van der Waals surface area contributed by atoms with Gasteiger partial charge in [-0.1, -0.05) is 0 Å². The van der Waals surface area contributed by atoms with Crippen LogP contribution in [-0.4, -0.2) is 18.2 Å². The lowest BCUT2D eigenvalue weighted by Gasteiger charge is -2.18. The Morgan fingerprint density at radius 2 is 2.00 bits per heavy atom. The van der Waals surface area contributed by atoms with Gasteiger partial charge in [-0.05, 0) is 25.1 Å². The van der Waals surface area contributed by atoms with Crippen LogP contribution in [0.4, 0.5) is 0 Å². The highest BCUT2D eigenvalue weighted by Gasteiger charge is 2.14. The molecule has 2 aromatic rings. The Balaban J connectivity index is 0.00000133. The zero-order valence-electron chi connectivity index (χ0n) is 10.5. The monoisotopic (exact) mass is 298 g/mol. The Hall–Kier alpha value is -1.30. The van der Waals surface area contributed by atoms with Crippen LogP contribution in [0.3, 0.4) is 0 Å². The van der Waals surface area contributed by atoms with E-state index in [0.29, 0.717) is 13.2 Å². The van der Waals surface area contributed by atoms with Crippen LogP contribution in [-0.2, 0) is 0 Å². The highest BCUT2D eigenvalue weighted by molar-refractivity contribution is 7.10. The number of hydrogen-bond donors (Lipinski definition) is 1. The van der Waals surface area contributed by atoms with Crippen molar-refractivity contribution in [1.82, 2.24) is 4.98 Å². The number of ether oxygens (including phenoxy) is 2. The number of halogens is 1. The Morgan fingerprint density at radius 3 is 2.68 bits per heavy atom. The Labute approximate surface area is 122 Å². The molecule has 1 atom stereocenters. The third-order valence-electron chi connectivity index (χ3n) is 2.75. The second kappa shape index (κ2) is 5.77. The summed E-state index contributed by atoms with van der Waals surface area (Å²) in [5.41, 5.74) is 7.78. The van der Waals surface area contributed by atoms with Crippen molar-refractivity contribution in [2.24, 2.45) is 5.73 Å². The fourth-order valence-electron chi connectivity index (χ4n) is 1.83. The summed E-state index contributed by atoms with van der Waals surface area (Å²) >= 11 is 1.58. The molecule has 0 spiro atoms. The number of thiazole rings is 1. The highest BCUT2D eigenvalue weighted by Crippen LogP contribution is 2.35. The van der Waals surface area contributed by atoms with Gasteiger partial charge in [-0.2, -0.15) is 0 Å². The summed E-state index contributed by atoms with van der Waals surface area (Å²) in [6, 6.07) is 5.86. The minimum atomic E-state index is -0.0269. The first-order chi connectivity index (χ1) is 8.74. The second-order valence-electron chi connectivity index (χ2n) is 4.22. The van der Waals surface area contributed by atoms with E-state index in [1.165, 1.54) is 0 Å². The van der Waals surface area contributed by atoms with E-state index in [4.69, 9.17) is 15.2 Å². The normalized spacial score (nSPS) is 14.6. The molecule has 1 unspecified atom stereocenters. The summed E-state index contributed by atoms with van der Waals surface area (Å²) < 4.78 is 11.1. The lowest BCUT2D eigenvalue weighted by molar-refractivity contribution is 0.171. The van der Waals surface area contributed by atoms with E-state index in [-0.39, 0.29) is 18.4 Å². The molecule has 0 amide bonds. The van der Waals surface area contributed by atoms with E-state index >= 15 is 0 Å². The van der Waals surface area contributed by atoms with Crippen molar-refractivity contribution in [2.45, 2.75) is 13.0 Å². The molecule has 3 rings (SSSR count). The van der Waals surface area contributed by atoms with Crippen LogP contribution in [0.5, 0.6) is 11.5 Å². The van der Waals surface area contributed by atoms with Crippen molar-refractivity contribution in [2.75, 3.05) is 13.2 Å². The number of aromatic nitrogens is 1. The maximum absolute atomic E-state index is 5.82. The standard InChI is InChI=1S/C13H14N2O2S.ClH/c1-8(14)13-15-10(7-18-13)9-2-3-11-12(6-9)17-5-4-16-11;/h2-3,6-8H,4-5,14H2,1H3;1H. The van der Waals surface area contributed by atoms with Crippen molar-refractivity contribution < 1.29 is 9.47 Å². The maximum Gasteiger partial charge on any atom is 0.162 e. The smallest absolute Gasteiger partial charge is 0.162 e. The molecule has 2 heterocycles. The molecule has 0 aliphatic carbocycles.